The zero-order chi connectivity index (χ0) is 14.5. The number of hydrogen-bond acceptors (Lipinski definition) is 2. The van der Waals surface area contributed by atoms with Crippen molar-refractivity contribution in [3.63, 3.8) is 0 Å². The van der Waals surface area contributed by atoms with E-state index in [2.05, 4.69) is 61.7 Å². The van der Waals surface area contributed by atoms with Crippen molar-refractivity contribution < 1.29 is 0 Å². The fraction of sp³-hybridized carbons (Fsp3) is 0.588. The van der Waals surface area contributed by atoms with Crippen LogP contribution < -0.4 is 5.32 Å². The Kier molecular flexibility index (Phi) is 2.94. The molecular formula is C17H25N3. The van der Waals surface area contributed by atoms with Crippen LogP contribution in [0.5, 0.6) is 0 Å². The minimum absolute atomic E-state index is 0.158. The van der Waals surface area contributed by atoms with Gasteiger partial charge in [0.15, 0.2) is 0 Å². The second-order valence-corrected chi connectivity index (χ2v) is 7.55. The Balaban J connectivity index is 2.07. The van der Waals surface area contributed by atoms with Crippen LogP contribution in [0.15, 0.2) is 24.5 Å². The van der Waals surface area contributed by atoms with Gasteiger partial charge in [-0.25, -0.2) is 4.98 Å². The SMILES string of the molecule is Cc1cn(C2CC(C)(C)NC(C)(C)C2)c2ncccc12. The summed E-state index contributed by atoms with van der Waals surface area (Å²) < 4.78 is 2.40. The molecule has 1 fully saturated rings. The Morgan fingerprint density at radius 1 is 1.20 bits per heavy atom. The Hall–Kier alpha value is -1.35. The van der Waals surface area contributed by atoms with Gasteiger partial charge in [-0.3, -0.25) is 0 Å². The third kappa shape index (κ3) is 2.35. The monoisotopic (exact) mass is 271 g/mol. The average Bonchev–Trinajstić information content (AvgIpc) is 2.64. The summed E-state index contributed by atoms with van der Waals surface area (Å²) in [4.78, 5) is 4.62. The zero-order valence-corrected chi connectivity index (χ0v) is 13.2. The molecule has 0 aromatic carbocycles. The first-order valence-corrected chi connectivity index (χ1v) is 7.49. The van der Waals surface area contributed by atoms with E-state index in [1.807, 2.05) is 12.3 Å². The summed E-state index contributed by atoms with van der Waals surface area (Å²) in [5.41, 5.74) is 2.77. The van der Waals surface area contributed by atoms with Crippen molar-refractivity contribution in [2.75, 3.05) is 0 Å². The molecule has 20 heavy (non-hydrogen) atoms. The lowest BCUT2D eigenvalue weighted by molar-refractivity contribution is 0.134. The number of aryl methyl sites for hydroxylation is 1. The maximum atomic E-state index is 4.62. The van der Waals surface area contributed by atoms with E-state index in [1.54, 1.807) is 0 Å². The van der Waals surface area contributed by atoms with Crippen LogP contribution in [0.4, 0.5) is 0 Å². The summed E-state index contributed by atoms with van der Waals surface area (Å²) >= 11 is 0. The Morgan fingerprint density at radius 3 is 2.50 bits per heavy atom. The lowest BCUT2D eigenvalue weighted by Gasteiger charge is -2.47. The first-order valence-electron chi connectivity index (χ1n) is 7.49. The molecule has 2 aromatic heterocycles. The summed E-state index contributed by atoms with van der Waals surface area (Å²) in [5, 5.41) is 5.03. The number of nitrogens with zero attached hydrogens (tertiary/aromatic N) is 2. The van der Waals surface area contributed by atoms with E-state index in [0.717, 1.165) is 18.5 Å². The van der Waals surface area contributed by atoms with Crippen molar-refractivity contribution in [1.29, 1.82) is 0 Å². The predicted molar refractivity (Wildman–Crippen MR) is 84.0 cm³/mol. The number of nitrogens with one attached hydrogen (secondary N) is 1. The van der Waals surface area contributed by atoms with E-state index < -0.39 is 0 Å². The largest absolute Gasteiger partial charge is 0.329 e. The third-order valence-electron chi connectivity index (χ3n) is 4.35. The van der Waals surface area contributed by atoms with Crippen molar-refractivity contribution in [1.82, 2.24) is 14.9 Å². The molecule has 1 saturated heterocycles. The highest BCUT2D eigenvalue weighted by molar-refractivity contribution is 5.80. The summed E-state index contributed by atoms with van der Waals surface area (Å²) in [5.74, 6) is 0. The zero-order valence-electron chi connectivity index (χ0n) is 13.2. The summed E-state index contributed by atoms with van der Waals surface area (Å²) in [6, 6.07) is 4.70. The van der Waals surface area contributed by atoms with Gasteiger partial charge in [0.2, 0.25) is 0 Å². The molecule has 0 atom stereocenters. The quantitative estimate of drug-likeness (QED) is 0.854. The van der Waals surface area contributed by atoms with E-state index in [0.29, 0.717) is 6.04 Å². The lowest BCUT2D eigenvalue weighted by Crippen LogP contribution is -2.57. The van der Waals surface area contributed by atoms with E-state index in [-0.39, 0.29) is 11.1 Å². The van der Waals surface area contributed by atoms with E-state index in [9.17, 15) is 0 Å². The second-order valence-electron chi connectivity index (χ2n) is 7.55. The molecule has 0 aliphatic carbocycles. The van der Waals surface area contributed by atoms with Crippen molar-refractivity contribution in [2.24, 2.45) is 0 Å². The number of fused-ring (bicyclic) bond motifs is 1. The van der Waals surface area contributed by atoms with Crippen LogP contribution >= 0.6 is 0 Å². The third-order valence-corrected chi connectivity index (χ3v) is 4.35. The number of rotatable bonds is 1. The van der Waals surface area contributed by atoms with Gasteiger partial charge in [-0.2, -0.15) is 0 Å². The molecule has 3 heterocycles. The summed E-state index contributed by atoms with van der Waals surface area (Å²) in [7, 11) is 0. The molecule has 1 aliphatic rings. The molecule has 3 heteroatoms. The van der Waals surface area contributed by atoms with E-state index >= 15 is 0 Å². The van der Waals surface area contributed by atoms with Crippen molar-refractivity contribution >= 4 is 11.0 Å². The summed E-state index contributed by atoms with van der Waals surface area (Å²) in [6.07, 6.45) is 6.45. The molecule has 3 nitrogen and oxygen atoms in total. The minimum atomic E-state index is 0.158. The molecular weight excluding hydrogens is 246 g/mol. The van der Waals surface area contributed by atoms with Crippen molar-refractivity contribution in [3.8, 4) is 0 Å². The fourth-order valence-corrected chi connectivity index (χ4v) is 3.99. The van der Waals surface area contributed by atoms with Gasteiger partial charge >= 0.3 is 0 Å². The van der Waals surface area contributed by atoms with Crippen LogP contribution in [-0.2, 0) is 0 Å². The van der Waals surface area contributed by atoms with Gasteiger partial charge in [-0.1, -0.05) is 0 Å². The molecule has 3 rings (SSSR count). The molecule has 1 aliphatic heterocycles. The maximum Gasteiger partial charge on any atom is 0.140 e. The molecule has 0 unspecified atom stereocenters. The first-order chi connectivity index (χ1) is 9.27. The Morgan fingerprint density at radius 2 is 1.85 bits per heavy atom. The molecule has 2 aromatic rings. The van der Waals surface area contributed by atoms with Crippen molar-refractivity contribution in [2.45, 2.75) is 64.6 Å². The van der Waals surface area contributed by atoms with Crippen LogP contribution in [-0.4, -0.2) is 20.6 Å². The first kappa shape index (κ1) is 13.6. The van der Waals surface area contributed by atoms with Crippen LogP contribution in [0.2, 0.25) is 0 Å². The number of aromatic nitrogens is 2. The number of pyridine rings is 1. The average molecular weight is 271 g/mol. The van der Waals surface area contributed by atoms with Gasteiger partial charge in [0.1, 0.15) is 5.65 Å². The Labute approximate surface area is 121 Å². The maximum absolute atomic E-state index is 4.62. The highest BCUT2D eigenvalue weighted by atomic mass is 15.1. The predicted octanol–water partition coefficient (Wildman–Crippen LogP) is 3.83. The topological polar surface area (TPSA) is 29.9 Å². The van der Waals surface area contributed by atoms with Crippen LogP contribution in [0.3, 0.4) is 0 Å². The summed E-state index contributed by atoms with van der Waals surface area (Å²) in [6.45, 7) is 11.4. The smallest absolute Gasteiger partial charge is 0.140 e. The van der Waals surface area contributed by atoms with E-state index in [4.69, 9.17) is 0 Å². The molecule has 0 spiro atoms. The van der Waals surface area contributed by atoms with E-state index in [1.165, 1.54) is 10.9 Å². The van der Waals surface area contributed by atoms with Crippen LogP contribution in [0, 0.1) is 6.92 Å². The molecule has 0 bridgehead atoms. The Bertz CT molecular complexity index is 621. The number of hydrogen-bond donors (Lipinski definition) is 1. The highest BCUT2D eigenvalue weighted by Gasteiger charge is 2.38. The van der Waals surface area contributed by atoms with Crippen LogP contribution in [0.1, 0.15) is 52.1 Å². The fourth-order valence-electron chi connectivity index (χ4n) is 3.99. The second kappa shape index (κ2) is 4.32. The van der Waals surface area contributed by atoms with Gasteiger partial charge < -0.3 is 9.88 Å². The van der Waals surface area contributed by atoms with Gasteiger partial charge in [0, 0.05) is 34.9 Å². The molecule has 108 valence electrons. The highest BCUT2D eigenvalue weighted by Crippen LogP contribution is 2.38. The van der Waals surface area contributed by atoms with Gasteiger partial charge in [-0.15, -0.1) is 0 Å². The number of piperidine rings is 1. The molecule has 1 N–H and O–H groups in total. The van der Waals surface area contributed by atoms with Crippen LogP contribution in [0.25, 0.3) is 11.0 Å². The van der Waals surface area contributed by atoms with Gasteiger partial charge in [-0.05, 0) is 65.2 Å². The molecule has 0 saturated carbocycles. The normalized spacial score (nSPS) is 22.2. The van der Waals surface area contributed by atoms with Crippen molar-refractivity contribution in [3.05, 3.63) is 30.1 Å². The molecule has 0 amide bonds. The van der Waals surface area contributed by atoms with Gasteiger partial charge in [0.25, 0.3) is 0 Å². The minimum Gasteiger partial charge on any atom is -0.329 e. The molecule has 0 radical (unpaired) electrons. The lowest BCUT2D eigenvalue weighted by atomic mass is 9.79. The van der Waals surface area contributed by atoms with Gasteiger partial charge in [0.05, 0.1) is 0 Å². The standard InChI is InChI=1S/C17H25N3/c1-12-11-20(15-14(12)7-6-8-18-15)13-9-16(2,3)19-17(4,5)10-13/h6-8,11,13,19H,9-10H2,1-5H3.